The second kappa shape index (κ2) is 3.72. The lowest BCUT2D eigenvalue weighted by atomic mass is 10.3. The molecular formula is C7H10O3S2. The minimum Gasteiger partial charge on any atom is -0.458 e. The van der Waals surface area contributed by atoms with Crippen LogP contribution in [0.3, 0.4) is 0 Å². The van der Waals surface area contributed by atoms with Crippen LogP contribution in [0.1, 0.15) is 0 Å². The zero-order chi connectivity index (χ0) is 9.19. The molecule has 0 spiro atoms. The van der Waals surface area contributed by atoms with Gasteiger partial charge in [0.2, 0.25) is 0 Å². The van der Waals surface area contributed by atoms with Crippen molar-refractivity contribution in [2.24, 2.45) is 0 Å². The maximum absolute atomic E-state index is 11.0. The third-order valence-electron chi connectivity index (χ3n) is 1.39. The van der Waals surface area contributed by atoms with E-state index in [1.165, 1.54) is 0 Å². The van der Waals surface area contributed by atoms with E-state index in [-0.39, 0.29) is 6.61 Å². The molecule has 12 heavy (non-hydrogen) atoms. The van der Waals surface area contributed by atoms with Crippen molar-refractivity contribution in [3.8, 4) is 0 Å². The molecule has 0 bridgehead atoms. The Morgan fingerprint density at radius 2 is 2.33 bits per heavy atom. The average molecular weight is 206 g/mol. The van der Waals surface area contributed by atoms with E-state index >= 15 is 0 Å². The molecule has 1 heterocycles. The first-order valence-electron chi connectivity index (χ1n) is 3.39. The predicted octanol–water partition coefficient (Wildman–Crippen LogP) is 0.672. The van der Waals surface area contributed by atoms with Crippen LogP contribution in [0.25, 0.3) is 0 Å². The van der Waals surface area contributed by atoms with Crippen molar-refractivity contribution in [2.75, 3.05) is 19.0 Å². The Morgan fingerprint density at radius 3 is 2.75 bits per heavy atom. The maximum Gasteiger partial charge on any atom is 0.334 e. The van der Waals surface area contributed by atoms with E-state index in [1.807, 2.05) is 0 Å². The summed E-state index contributed by atoms with van der Waals surface area (Å²) in [7, 11) is 0. The van der Waals surface area contributed by atoms with Gasteiger partial charge in [-0.05, 0) is 0 Å². The number of esters is 1. The van der Waals surface area contributed by atoms with Gasteiger partial charge >= 0.3 is 5.97 Å². The predicted molar refractivity (Wildman–Crippen MR) is 51.6 cm³/mol. The largest absolute Gasteiger partial charge is 0.458 e. The first-order valence-corrected chi connectivity index (χ1v) is 4.47. The van der Waals surface area contributed by atoms with E-state index in [2.05, 4.69) is 31.8 Å². The average Bonchev–Trinajstić information content (AvgIpc) is 2.79. The van der Waals surface area contributed by atoms with Crippen LogP contribution < -0.4 is 0 Å². The monoisotopic (exact) mass is 206 g/mol. The zero-order valence-electron chi connectivity index (χ0n) is 6.45. The maximum atomic E-state index is 11.0. The highest BCUT2D eigenvalue weighted by molar-refractivity contribution is 7.82. The second-order valence-electron chi connectivity index (χ2n) is 2.57. The standard InChI is InChI=1S/C7H10O3S2/c1-5(2-11)6(8)9-3-7(12)4-10-7/h11-12H,1-4H2. The van der Waals surface area contributed by atoms with Crippen LogP contribution in [-0.4, -0.2) is 29.9 Å². The molecular weight excluding hydrogens is 196 g/mol. The number of rotatable bonds is 4. The summed E-state index contributed by atoms with van der Waals surface area (Å²) < 4.78 is 9.73. The van der Waals surface area contributed by atoms with Gasteiger partial charge in [0.15, 0.2) is 4.93 Å². The SMILES string of the molecule is C=C(CS)C(=O)OCC1(S)CO1. The molecule has 0 amide bonds. The van der Waals surface area contributed by atoms with Crippen LogP contribution >= 0.6 is 25.3 Å². The van der Waals surface area contributed by atoms with Gasteiger partial charge in [0.1, 0.15) is 6.61 Å². The van der Waals surface area contributed by atoms with Gasteiger partial charge in [-0.15, -0.1) is 12.6 Å². The lowest BCUT2D eigenvalue weighted by Gasteiger charge is -2.06. The molecule has 1 saturated heterocycles. The molecule has 0 aromatic carbocycles. The van der Waals surface area contributed by atoms with Crippen molar-refractivity contribution in [2.45, 2.75) is 4.93 Å². The summed E-state index contributed by atoms with van der Waals surface area (Å²) in [4.78, 5) is 10.4. The molecule has 0 aromatic rings. The second-order valence-corrected chi connectivity index (χ2v) is 3.70. The van der Waals surface area contributed by atoms with Gasteiger partial charge in [-0.2, -0.15) is 12.6 Å². The van der Waals surface area contributed by atoms with Crippen LogP contribution in [0.2, 0.25) is 0 Å². The fourth-order valence-electron chi connectivity index (χ4n) is 0.512. The Hall–Kier alpha value is -0.130. The van der Waals surface area contributed by atoms with E-state index in [9.17, 15) is 4.79 Å². The van der Waals surface area contributed by atoms with Gasteiger partial charge in [-0.25, -0.2) is 4.79 Å². The van der Waals surface area contributed by atoms with E-state index in [4.69, 9.17) is 9.47 Å². The molecule has 68 valence electrons. The third-order valence-corrected chi connectivity index (χ3v) is 2.15. The first-order chi connectivity index (χ1) is 5.57. The molecule has 1 rings (SSSR count). The van der Waals surface area contributed by atoms with Crippen LogP contribution in [-0.2, 0) is 14.3 Å². The summed E-state index contributed by atoms with van der Waals surface area (Å²) in [5.41, 5.74) is 0.343. The Bertz CT molecular complexity index is 211. The van der Waals surface area contributed by atoms with Crippen LogP contribution in [0, 0.1) is 0 Å². The molecule has 0 radical (unpaired) electrons. The summed E-state index contributed by atoms with van der Waals surface area (Å²) >= 11 is 7.98. The number of hydrogen-bond donors (Lipinski definition) is 2. The summed E-state index contributed by atoms with van der Waals surface area (Å²) in [6, 6.07) is 0. The topological polar surface area (TPSA) is 38.8 Å². The molecule has 0 N–H and O–H groups in total. The highest BCUT2D eigenvalue weighted by Crippen LogP contribution is 2.31. The molecule has 3 nitrogen and oxygen atoms in total. The number of carbonyl (C=O) groups excluding carboxylic acids is 1. The van der Waals surface area contributed by atoms with Crippen molar-refractivity contribution < 1.29 is 14.3 Å². The Labute approximate surface area is 81.9 Å². The fraction of sp³-hybridized carbons (Fsp3) is 0.571. The van der Waals surface area contributed by atoms with E-state index in [1.54, 1.807) is 0 Å². The van der Waals surface area contributed by atoms with Crippen LogP contribution in [0.4, 0.5) is 0 Å². The Kier molecular flexibility index (Phi) is 3.09. The fourth-order valence-corrected chi connectivity index (χ4v) is 0.770. The number of ether oxygens (including phenoxy) is 2. The number of hydrogen-bond acceptors (Lipinski definition) is 5. The number of epoxide rings is 1. The minimum atomic E-state index is -0.549. The van der Waals surface area contributed by atoms with E-state index < -0.39 is 10.9 Å². The van der Waals surface area contributed by atoms with Gasteiger partial charge in [0.25, 0.3) is 0 Å². The van der Waals surface area contributed by atoms with Crippen LogP contribution in [0.5, 0.6) is 0 Å². The molecule has 0 aliphatic carbocycles. The lowest BCUT2D eigenvalue weighted by molar-refractivity contribution is -0.139. The molecule has 1 atom stereocenters. The van der Waals surface area contributed by atoms with Crippen molar-refractivity contribution in [3.05, 3.63) is 12.2 Å². The smallest absolute Gasteiger partial charge is 0.334 e. The van der Waals surface area contributed by atoms with E-state index in [0.717, 1.165) is 0 Å². The lowest BCUT2D eigenvalue weighted by Crippen LogP contribution is -2.17. The quantitative estimate of drug-likeness (QED) is 0.307. The van der Waals surface area contributed by atoms with Crippen molar-refractivity contribution in [3.63, 3.8) is 0 Å². The highest BCUT2D eigenvalue weighted by Gasteiger charge is 2.42. The zero-order valence-corrected chi connectivity index (χ0v) is 8.24. The number of carbonyl (C=O) groups is 1. The molecule has 0 aromatic heterocycles. The van der Waals surface area contributed by atoms with Crippen molar-refractivity contribution in [1.82, 2.24) is 0 Å². The normalized spacial score (nSPS) is 26.5. The summed E-state index contributed by atoms with van der Waals surface area (Å²) in [6.07, 6.45) is 0. The summed E-state index contributed by atoms with van der Waals surface area (Å²) in [5, 5.41) is 0. The summed E-state index contributed by atoms with van der Waals surface area (Å²) in [5.74, 6) is -0.131. The minimum absolute atomic E-state index is 0.168. The molecule has 1 unspecified atom stereocenters. The Morgan fingerprint density at radius 1 is 1.75 bits per heavy atom. The van der Waals surface area contributed by atoms with Gasteiger partial charge in [0.05, 0.1) is 6.61 Å². The van der Waals surface area contributed by atoms with Gasteiger partial charge in [-0.3, -0.25) is 0 Å². The molecule has 5 heteroatoms. The van der Waals surface area contributed by atoms with Gasteiger partial charge in [0, 0.05) is 11.3 Å². The molecule has 0 saturated carbocycles. The van der Waals surface area contributed by atoms with E-state index in [0.29, 0.717) is 17.9 Å². The molecule has 1 aliphatic rings. The van der Waals surface area contributed by atoms with Crippen molar-refractivity contribution in [1.29, 1.82) is 0 Å². The molecule has 1 aliphatic heterocycles. The number of thiol groups is 2. The van der Waals surface area contributed by atoms with Crippen LogP contribution in [0.15, 0.2) is 12.2 Å². The first kappa shape index (κ1) is 9.95. The van der Waals surface area contributed by atoms with Gasteiger partial charge < -0.3 is 9.47 Å². The van der Waals surface area contributed by atoms with Crippen molar-refractivity contribution >= 4 is 31.2 Å². The summed E-state index contributed by atoms with van der Waals surface area (Å²) in [6.45, 7) is 4.17. The highest BCUT2D eigenvalue weighted by atomic mass is 32.1. The van der Waals surface area contributed by atoms with Gasteiger partial charge in [-0.1, -0.05) is 6.58 Å². The third kappa shape index (κ3) is 2.73. The molecule has 1 fully saturated rings. The Balaban J connectivity index is 2.22.